The van der Waals surface area contributed by atoms with Crippen LogP contribution in [0.15, 0.2) is 24.3 Å². The second-order valence-electron chi connectivity index (χ2n) is 5.50. The summed E-state index contributed by atoms with van der Waals surface area (Å²) in [6, 6.07) is 6.41. The highest BCUT2D eigenvalue weighted by Gasteiger charge is 2.09. The van der Waals surface area contributed by atoms with Gasteiger partial charge in [-0.1, -0.05) is 13.3 Å². The van der Waals surface area contributed by atoms with Crippen molar-refractivity contribution < 1.29 is 23.1 Å². The van der Waals surface area contributed by atoms with Crippen LogP contribution in [0.2, 0.25) is 0 Å². The highest BCUT2D eigenvalue weighted by molar-refractivity contribution is 7.92. The van der Waals surface area contributed by atoms with Gasteiger partial charge in [-0.05, 0) is 43.5 Å². The molecule has 0 aliphatic rings. The van der Waals surface area contributed by atoms with Crippen LogP contribution in [-0.2, 0) is 19.6 Å². The molecule has 0 unspecified atom stereocenters. The van der Waals surface area contributed by atoms with Crippen LogP contribution in [0.3, 0.4) is 0 Å². The molecule has 0 saturated heterocycles. The summed E-state index contributed by atoms with van der Waals surface area (Å²) in [7, 11) is -3.34. The van der Waals surface area contributed by atoms with Crippen molar-refractivity contribution in [3.63, 3.8) is 0 Å². The number of aliphatic carboxylic acids is 1. The van der Waals surface area contributed by atoms with Gasteiger partial charge < -0.3 is 10.4 Å². The topological polar surface area (TPSA) is 113 Å². The zero-order valence-corrected chi connectivity index (χ0v) is 14.6. The lowest BCUT2D eigenvalue weighted by molar-refractivity contribution is -0.137. The molecule has 1 rings (SSSR count). The van der Waals surface area contributed by atoms with E-state index in [1.54, 1.807) is 24.3 Å². The first-order valence-electron chi connectivity index (χ1n) is 7.94. The molecule has 0 aromatic heterocycles. The molecule has 1 amide bonds. The number of carbonyl (C=O) groups excluding carboxylic acids is 1. The molecule has 0 saturated carbocycles. The molecular weight excluding hydrogens is 332 g/mol. The Morgan fingerprint density at radius 2 is 1.58 bits per heavy atom. The normalized spacial score (nSPS) is 11.0. The van der Waals surface area contributed by atoms with Crippen molar-refractivity contribution >= 4 is 33.3 Å². The van der Waals surface area contributed by atoms with Gasteiger partial charge in [-0.3, -0.25) is 14.3 Å². The molecule has 0 aliphatic carbocycles. The third kappa shape index (κ3) is 8.52. The van der Waals surface area contributed by atoms with E-state index in [0.717, 1.165) is 6.42 Å². The Labute approximate surface area is 142 Å². The van der Waals surface area contributed by atoms with Crippen LogP contribution in [0.4, 0.5) is 11.4 Å². The Kier molecular flexibility index (Phi) is 8.25. The number of unbranched alkanes of at least 4 members (excludes halogenated alkanes) is 2. The molecule has 1 aromatic rings. The van der Waals surface area contributed by atoms with Crippen LogP contribution >= 0.6 is 0 Å². The van der Waals surface area contributed by atoms with Gasteiger partial charge in [-0.15, -0.1) is 0 Å². The number of anilines is 2. The van der Waals surface area contributed by atoms with Crippen molar-refractivity contribution in [3.8, 4) is 0 Å². The molecule has 134 valence electrons. The Bertz CT molecular complexity index is 641. The minimum absolute atomic E-state index is 0.0557. The number of hydrogen-bond donors (Lipinski definition) is 3. The van der Waals surface area contributed by atoms with Crippen LogP contribution in [0, 0.1) is 0 Å². The molecule has 7 nitrogen and oxygen atoms in total. The minimum Gasteiger partial charge on any atom is -0.481 e. The predicted octanol–water partition coefficient (Wildman–Crippen LogP) is 2.81. The van der Waals surface area contributed by atoms with E-state index in [1.807, 2.05) is 6.92 Å². The third-order valence-electron chi connectivity index (χ3n) is 3.25. The quantitative estimate of drug-likeness (QED) is 0.528. The zero-order chi connectivity index (χ0) is 18.0. The number of sulfonamides is 1. The largest absolute Gasteiger partial charge is 0.481 e. The molecule has 0 fully saturated rings. The second-order valence-corrected chi connectivity index (χ2v) is 7.34. The van der Waals surface area contributed by atoms with E-state index in [0.29, 0.717) is 30.6 Å². The van der Waals surface area contributed by atoms with E-state index in [1.165, 1.54) is 0 Å². The van der Waals surface area contributed by atoms with Gasteiger partial charge in [0.1, 0.15) is 0 Å². The minimum atomic E-state index is -3.34. The van der Waals surface area contributed by atoms with E-state index in [9.17, 15) is 18.0 Å². The lowest BCUT2D eigenvalue weighted by atomic mass is 10.2. The van der Waals surface area contributed by atoms with Gasteiger partial charge in [0, 0.05) is 24.2 Å². The van der Waals surface area contributed by atoms with Gasteiger partial charge in [0.25, 0.3) is 0 Å². The van der Waals surface area contributed by atoms with Crippen LogP contribution in [0.25, 0.3) is 0 Å². The van der Waals surface area contributed by atoms with Crippen molar-refractivity contribution in [1.82, 2.24) is 0 Å². The highest BCUT2D eigenvalue weighted by Crippen LogP contribution is 2.16. The summed E-state index contributed by atoms with van der Waals surface area (Å²) in [4.78, 5) is 22.1. The van der Waals surface area contributed by atoms with Crippen molar-refractivity contribution in [2.75, 3.05) is 15.8 Å². The van der Waals surface area contributed by atoms with Crippen LogP contribution in [0.1, 0.15) is 45.4 Å². The summed E-state index contributed by atoms with van der Waals surface area (Å²) in [6.07, 6.45) is 2.68. The first-order chi connectivity index (χ1) is 11.3. The summed E-state index contributed by atoms with van der Waals surface area (Å²) in [5.41, 5.74) is 1.01. The second kappa shape index (κ2) is 9.92. The standard InChI is InChI=1S/C16H24N2O5S/c1-2-3-12-24(22,23)18-14-10-8-13(9-11-14)17-15(19)6-4-5-7-16(20)21/h8-11,18H,2-7,12H2,1H3,(H,17,19)(H,20,21). The molecular formula is C16H24N2O5S. The zero-order valence-electron chi connectivity index (χ0n) is 13.7. The number of benzene rings is 1. The van der Waals surface area contributed by atoms with Gasteiger partial charge in [0.15, 0.2) is 0 Å². The lowest BCUT2D eigenvalue weighted by Crippen LogP contribution is -2.16. The van der Waals surface area contributed by atoms with E-state index in [-0.39, 0.29) is 24.5 Å². The van der Waals surface area contributed by atoms with Gasteiger partial charge in [0.2, 0.25) is 15.9 Å². The summed E-state index contributed by atoms with van der Waals surface area (Å²) in [5.74, 6) is -0.984. The average Bonchev–Trinajstić information content (AvgIpc) is 2.51. The molecule has 8 heteroatoms. The van der Waals surface area contributed by atoms with Crippen LogP contribution in [0.5, 0.6) is 0 Å². The molecule has 0 atom stereocenters. The number of nitrogens with one attached hydrogen (secondary N) is 2. The number of carboxylic acid groups (broad SMARTS) is 1. The smallest absolute Gasteiger partial charge is 0.303 e. The Hall–Kier alpha value is -2.09. The predicted molar refractivity (Wildman–Crippen MR) is 93.5 cm³/mol. The fourth-order valence-corrected chi connectivity index (χ4v) is 3.24. The fraction of sp³-hybridized carbons (Fsp3) is 0.500. The number of carboxylic acids is 1. The fourth-order valence-electron chi connectivity index (χ4n) is 1.97. The highest BCUT2D eigenvalue weighted by atomic mass is 32.2. The third-order valence-corrected chi connectivity index (χ3v) is 4.63. The first kappa shape index (κ1) is 20.0. The Morgan fingerprint density at radius 1 is 1.00 bits per heavy atom. The Balaban J connectivity index is 2.44. The van der Waals surface area contributed by atoms with E-state index < -0.39 is 16.0 Å². The summed E-state index contributed by atoms with van der Waals surface area (Å²) in [5, 5.41) is 11.2. The maximum absolute atomic E-state index is 11.8. The molecule has 3 N–H and O–H groups in total. The first-order valence-corrected chi connectivity index (χ1v) is 9.60. The monoisotopic (exact) mass is 356 g/mol. The average molecular weight is 356 g/mol. The van der Waals surface area contributed by atoms with E-state index >= 15 is 0 Å². The van der Waals surface area contributed by atoms with Crippen molar-refractivity contribution in [2.45, 2.75) is 45.4 Å². The summed E-state index contributed by atoms with van der Waals surface area (Å²) >= 11 is 0. The van der Waals surface area contributed by atoms with Crippen molar-refractivity contribution in [2.24, 2.45) is 0 Å². The van der Waals surface area contributed by atoms with Gasteiger partial charge in [-0.25, -0.2) is 8.42 Å². The summed E-state index contributed by atoms with van der Waals surface area (Å²) < 4.78 is 26.1. The maximum atomic E-state index is 11.8. The van der Waals surface area contributed by atoms with Crippen molar-refractivity contribution in [3.05, 3.63) is 24.3 Å². The number of carbonyl (C=O) groups is 2. The molecule has 0 spiro atoms. The molecule has 1 aromatic carbocycles. The van der Waals surface area contributed by atoms with E-state index in [2.05, 4.69) is 10.0 Å². The SMILES string of the molecule is CCCCS(=O)(=O)Nc1ccc(NC(=O)CCCCC(=O)O)cc1. The molecule has 0 bridgehead atoms. The van der Waals surface area contributed by atoms with Gasteiger partial charge >= 0.3 is 5.97 Å². The van der Waals surface area contributed by atoms with Gasteiger partial charge in [0.05, 0.1) is 5.75 Å². The number of rotatable bonds is 11. The maximum Gasteiger partial charge on any atom is 0.303 e. The number of amides is 1. The van der Waals surface area contributed by atoms with Crippen LogP contribution < -0.4 is 10.0 Å². The molecule has 0 aliphatic heterocycles. The van der Waals surface area contributed by atoms with Crippen LogP contribution in [-0.4, -0.2) is 31.2 Å². The molecule has 0 heterocycles. The lowest BCUT2D eigenvalue weighted by Gasteiger charge is -2.09. The van der Waals surface area contributed by atoms with Crippen molar-refractivity contribution in [1.29, 1.82) is 0 Å². The Morgan fingerprint density at radius 3 is 2.17 bits per heavy atom. The molecule has 24 heavy (non-hydrogen) atoms. The molecule has 0 radical (unpaired) electrons. The summed E-state index contributed by atoms with van der Waals surface area (Å²) in [6.45, 7) is 1.93. The van der Waals surface area contributed by atoms with Gasteiger partial charge in [-0.2, -0.15) is 0 Å². The van der Waals surface area contributed by atoms with E-state index in [4.69, 9.17) is 5.11 Å². The number of hydrogen-bond acceptors (Lipinski definition) is 4.